The van der Waals surface area contributed by atoms with Gasteiger partial charge in [-0.25, -0.2) is 0 Å². The summed E-state index contributed by atoms with van der Waals surface area (Å²) in [7, 11) is 2.93. The first-order valence-electron chi connectivity index (χ1n) is 11.4. The predicted molar refractivity (Wildman–Crippen MR) is 132 cm³/mol. The number of pyridine rings is 1. The van der Waals surface area contributed by atoms with E-state index in [1.54, 1.807) is 12.1 Å². The molecule has 1 heterocycles. The zero-order valence-electron chi connectivity index (χ0n) is 19.5. The Morgan fingerprint density at radius 2 is 1.68 bits per heavy atom. The molecule has 0 aliphatic heterocycles. The van der Waals surface area contributed by atoms with Crippen LogP contribution in [0.2, 0.25) is 10.0 Å². The molecular weight excluding hydrogens is 479 g/mol. The van der Waals surface area contributed by atoms with Crippen molar-refractivity contribution in [1.29, 1.82) is 0 Å². The Kier molecular flexibility index (Phi) is 9.84. The molecule has 1 aliphatic carbocycles. The van der Waals surface area contributed by atoms with Gasteiger partial charge in [0.05, 0.1) is 29.8 Å². The first-order chi connectivity index (χ1) is 16.4. The average molecular weight is 509 g/mol. The van der Waals surface area contributed by atoms with Crippen LogP contribution in [0.3, 0.4) is 0 Å². The summed E-state index contributed by atoms with van der Waals surface area (Å²) in [6.07, 6.45) is 9.98. The SMILES string of the molecule is COc1ccc(C(=O)Cc2c(Cl)cncc2Cl)c(OCC(=O)NCC2CCCCCC2)c1OC. The fourth-order valence-corrected chi connectivity index (χ4v) is 4.64. The molecular formula is C25H30Cl2N2O5. The van der Waals surface area contributed by atoms with E-state index in [9.17, 15) is 9.59 Å². The van der Waals surface area contributed by atoms with Crippen LogP contribution in [-0.4, -0.2) is 44.0 Å². The number of Topliss-reactive ketones (excluding diaryl/α,β-unsaturated/α-hetero) is 1. The van der Waals surface area contributed by atoms with Crippen LogP contribution in [0.25, 0.3) is 0 Å². The number of rotatable bonds is 10. The van der Waals surface area contributed by atoms with Crippen molar-refractivity contribution in [2.24, 2.45) is 5.92 Å². The van der Waals surface area contributed by atoms with Gasteiger partial charge in [0, 0.05) is 30.9 Å². The van der Waals surface area contributed by atoms with E-state index in [0.29, 0.717) is 33.8 Å². The number of aromatic nitrogens is 1. The second kappa shape index (κ2) is 12.8. The average Bonchev–Trinajstić information content (AvgIpc) is 3.11. The van der Waals surface area contributed by atoms with Gasteiger partial charge in [-0.05, 0) is 30.9 Å². The molecule has 0 atom stereocenters. The van der Waals surface area contributed by atoms with E-state index in [2.05, 4.69) is 10.3 Å². The number of carbonyl (C=O) groups excluding carboxylic acids is 2. The monoisotopic (exact) mass is 508 g/mol. The van der Waals surface area contributed by atoms with E-state index >= 15 is 0 Å². The Labute approximate surface area is 210 Å². The Morgan fingerprint density at radius 3 is 2.29 bits per heavy atom. The smallest absolute Gasteiger partial charge is 0.257 e. The van der Waals surface area contributed by atoms with E-state index in [1.807, 2.05) is 0 Å². The van der Waals surface area contributed by atoms with Crippen LogP contribution in [0, 0.1) is 5.92 Å². The Bertz CT molecular complexity index is 987. The van der Waals surface area contributed by atoms with E-state index in [-0.39, 0.29) is 41.8 Å². The summed E-state index contributed by atoms with van der Waals surface area (Å²) in [6, 6.07) is 3.19. The van der Waals surface area contributed by atoms with Crippen molar-refractivity contribution >= 4 is 34.9 Å². The van der Waals surface area contributed by atoms with Gasteiger partial charge in [-0.2, -0.15) is 0 Å². The number of nitrogens with zero attached hydrogens (tertiary/aromatic N) is 1. The fourth-order valence-electron chi connectivity index (χ4n) is 4.14. The molecule has 9 heteroatoms. The summed E-state index contributed by atoms with van der Waals surface area (Å²) in [5.74, 6) is 0.685. The minimum atomic E-state index is -0.301. The van der Waals surface area contributed by atoms with Crippen LogP contribution in [0.15, 0.2) is 24.5 Å². The first kappa shape index (κ1) is 26.1. The third-order valence-electron chi connectivity index (χ3n) is 6.00. The molecule has 1 aromatic carbocycles. The van der Waals surface area contributed by atoms with Gasteiger partial charge in [-0.3, -0.25) is 14.6 Å². The van der Waals surface area contributed by atoms with Gasteiger partial charge in [-0.15, -0.1) is 0 Å². The van der Waals surface area contributed by atoms with Crippen molar-refractivity contribution in [3.05, 3.63) is 45.7 Å². The number of carbonyl (C=O) groups is 2. The number of methoxy groups -OCH3 is 2. The third kappa shape index (κ3) is 6.76. The lowest BCUT2D eigenvalue weighted by Crippen LogP contribution is -2.33. The first-order valence-corrected chi connectivity index (χ1v) is 12.2. The lowest BCUT2D eigenvalue weighted by Gasteiger charge is -2.18. The summed E-state index contributed by atoms with van der Waals surface area (Å²) in [5.41, 5.74) is 0.698. The van der Waals surface area contributed by atoms with Crippen LogP contribution in [-0.2, 0) is 11.2 Å². The van der Waals surface area contributed by atoms with Gasteiger partial charge in [-0.1, -0.05) is 48.9 Å². The summed E-state index contributed by atoms with van der Waals surface area (Å²) < 4.78 is 16.6. The minimum Gasteiger partial charge on any atom is -0.493 e. The Hall–Kier alpha value is -2.51. The Balaban J connectivity index is 1.75. The molecule has 1 N–H and O–H groups in total. The molecule has 2 aromatic rings. The summed E-state index contributed by atoms with van der Waals surface area (Å²) in [5, 5.41) is 3.54. The number of hydrogen-bond acceptors (Lipinski definition) is 6. The maximum absolute atomic E-state index is 13.2. The number of ether oxygens (including phenoxy) is 3. The summed E-state index contributed by atoms with van der Waals surface area (Å²) in [6.45, 7) is 0.371. The molecule has 1 aliphatic rings. The third-order valence-corrected chi connectivity index (χ3v) is 6.65. The molecule has 3 rings (SSSR count). The van der Waals surface area contributed by atoms with Crippen LogP contribution >= 0.6 is 23.2 Å². The molecule has 1 amide bonds. The largest absolute Gasteiger partial charge is 0.493 e. The lowest BCUT2D eigenvalue weighted by molar-refractivity contribution is -0.123. The van der Waals surface area contributed by atoms with Gasteiger partial charge < -0.3 is 19.5 Å². The fraction of sp³-hybridized carbons (Fsp3) is 0.480. The van der Waals surface area contributed by atoms with Crippen molar-refractivity contribution in [2.45, 2.75) is 44.9 Å². The van der Waals surface area contributed by atoms with Crippen molar-refractivity contribution in [1.82, 2.24) is 10.3 Å². The highest BCUT2D eigenvalue weighted by atomic mass is 35.5. The highest BCUT2D eigenvalue weighted by molar-refractivity contribution is 6.36. The maximum atomic E-state index is 13.2. The molecule has 34 heavy (non-hydrogen) atoms. The van der Waals surface area contributed by atoms with Gasteiger partial charge in [0.1, 0.15) is 0 Å². The quantitative estimate of drug-likeness (QED) is 0.346. The summed E-state index contributed by atoms with van der Waals surface area (Å²) >= 11 is 12.4. The highest BCUT2D eigenvalue weighted by Gasteiger charge is 2.24. The van der Waals surface area contributed by atoms with Gasteiger partial charge in [0.2, 0.25) is 5.75 Å². The number of nitrogens with one attached hydrogen (secondary N) is 1. The Morgan fingerprint density at radius 1 is 1.00 bits per heavy atom. The van der Waals surface area contributed by atoms with E-state index in [4.69, 9.17) is 37.4 Å². The van der Waals surface area contributed by atoms with Crippen LogP contribution in [0.4, 0.5) is 0 Å². The normalized spacial score (nSPS) is 14.2. The molecule has 0 spiro atoms. The van der Waals surface area contributed by atoms with Crippen LogP contribution in [0.5, 0.6) is 17.2 Å². The van der Waals surface area contributed by atoms with Crippen LogP contribution < -0.4 is 19.5 Å². The second-order valence-electron chi connectivity index (χ2n) is 8.31. The van der Waals surface area contributed by atoms with Crippen LogP contribution in [0.1, 0.15) is 54.4 Å². The predicted octanol–water partition coefficient (Wildman–Crippen LogP) is 5.30. The number of hydrogen-bond donors (Lipinski definition) is 1. The van der Waals surface area contributed by atoms with Gasteiger partial charge in [0.15, 0.2) is 23.9 Å². The lowest BCUT2D eigenvalue weighted by atomic mass is 10.0. The summed E-state index contributed by atoms with van der Waals surface area (Å²) in [4.78, 5) is 29.6. The number of benzene rings is 1. The highest BCUT2D eigenvalue weighted by Crippen LogP contribution is 2.41. The molecule has 1 fully saturated rings. The van der Waals surface area contributed by atoms with Crippen molar-refractivity contribution in [3.63, 3.8) is 0 Å². The number of amides is 1. The molecule has 7 nitrogen and oxygen atoms in total. The van der Waals surface area contributed by atoms with E-state index < -0.39 is 0 Å². The maximum Gasteiger partial charge on any atom is 0.257 e. The number of halogens is 2. The van der Waals surface area contributed by atoms with Crippen molar-refractivity contribution in [3.8, 4) is 17.2 Å². The zero-order valence-corrected chi connectivity index (χ0v) is 21.0. The van der Waals surface area contributed by atoms with E-state index in [1.165, 1.54) is 52.3 Å². The van der Waals surface area contributed by atoms with Gasteiger partial charge >= 0.3 is 0 Å². The standard InChI is InChI=1S/C25H30Cl2N2O5/c1-32-22-10-9-17(21(30)11-18-19(26)13-28-14-20(18)27)24(25(22)33-2)34-15-23(31)29-12-16-7-5-3-4-6-8-16/h9-10,13-14,16H,3-8,11-12,15H2,1-2H3,(H,29,31). The molecule has 1 aromatic heterocycles. The number of ketones is 1. The van der Waals surface area contributed by atoms with Gasteiger partial charge in [0.25, 0.3) is 5.91 Å². The molecule has 0 saturated heterocycles. The van der Waals surface area contributed by atoms with Crippen molar-refractivity contribution in [2.75, 3.05) is 27.4 Å². The molecule has 1 saturated carbocycles. The molecule has 0 bridgehead atoms. The topological polar surface area (TPSA) is 86.8 Å². The molecule has 0 unspecified atom stereocenters. The molecule has 0 radical (unpaired) electrons. The zero-order chi connectivity index (χ0) is 24.5. The minimum absolute atomic E-state index is 0.0695. The molecule has 184 valence electrons. The van der Waals surface area contributed by atoms with E-state index in [0.717, 1.165) is 12.8 Å². The van der Waals surface area contributed by atoms with Crippen molar-refractivity contribution < 1.29 is 23.8 Å². The second-order valence-corrected chi connectivity index (χ2v) is 9.12.